The summed E-state index contributed by atoms with van der Waals surface area (Å²) in [6.07, 6.45) is 0. The lowest BCUT2D eigenvalue weighted by Gasteiger charge is -1.96. The molecule has 2 radical (unpaired) electrons. The third-order valence-electron chi connectivity index (χ3n) is 1.02. The largest absolute Gasteiger partial charge is 0.207 e. The van der Waals surface area contributed by atoms with E-state index in [0.717, 1.165) is 6.07 Å². The van der Waals surface area contributed by atoms with Crippen LogP contribution in [0, 0.1) is 17.5 Å². The molecule has 4 heteroatoms. The molecule has 0 saturated heterocycles. The average molecular weight is 142 g/mol. The predicted octanol–water partition coefficient (Wildman–Crippen LogP) is 0.898. The zero-order valence-electron chi connectivity index (χ0n) is 4.87. The molecule has 50 valence electrons. The van der Waals surface area contributed by atoms with Gasteiger partial charge in [-0.05, 0) is 6.07 Å². The molecular weight excluding hydrogens is 140 g/mol. The zero-order chi connectivity index (χ0) is 7.72. The van der Waals surface area contributed by atoms with Crippen LogP contribution in [0.25, 0.3) is 0 Å². The number of benzene rings is 1. The minimum Gasteiger partial charge on any atom is -0.207 e. The van der Waals surface area contributed by atoms with Crippen molar-refractivity contribution in [2.45, 2.75) is 0 Å². The molecule has 10 heavy (non-hydrogen) atoms. The quantitative estimate of drug-likeness (QED) is 0.372. The summed E-state index contributed by atoms with van der Waals surface area (Å²) in [5.41, 5.74) is -0.516. The van der Waals surface area contributed by atoms with Gasteiger partial charge in [-0.15, -0.1) is 0 Å². The van der Waals surface area contributed by atoms with Crippen molar-refractivity contribution in [3.8, 4) is 0 Å². The van der Waals surface area contributed by atoms with Crippen molar-refractivity contribution >= 4 is 13.3 Å². The van der Waals surface area contributed by atoms with Gasteiger partial charge in [0.15, 0.2) is 11.6 Å². The van der Waals surface area contributed by atoms with Crippen molar-refractivity contribution in [1.29, 1.82) is 0 Å². The standard InChI is InChI=1S/C6H2BF3/c7-4-1-3(8)2-5(9)6(4)10/h1-2H. The van der Waals surface area contributed by atoms with E-state index in [1.165, 1.54) is 0 Å². The molecule has 0 N–H and O–H groups in total. The monoisotopic (exact) mass is 142 g/mol. The highest BCUT2D eigenvalue weighted by molar-refractivity contribution is 6.32. The molecule has 1 aromatic rings. The molecule has 0 fully saturated rings. The molecule has 1 rings (SSSR count). The average Bonchev–Trinajstić information content (AvgIpc) is 1.82. The summed E-state index contributed by atoms with van der Waals surface area (Å²) < 4.78 is 36.5. The maximum absolute atomic E-state index is 12.2. The van der Waals surface area contributed by atoms with Crippen LogP contribution in [0.1, 0.15) is 0 Å². The second kappa shape index (κ2) is 2.36. The molecule has 0 aliphatic rings. The van der Waals surface area contributed by atoms with Gasteiger partial charge in [-0.1, -0.05) is 5.46 Å². The number of rotatable bonds is 0. The molecule has 0 amide bonds. The fourth-order valence-corrected chi connectivity index (χ4v) is 0.576. The normalized spacial score (nSPS) is 9.90. The zero-order valence-corrected chi connectivity index (χ0v) is 4.87. The molecule has 0 aromatic heterocycles. The first-order chi connectivity index (χ1) is 4.61. The summed E-state index contributed by atoms with van der Waals surface area (Å²) in [6.45, 7) is 0. The van der Waals surface area contributed by atoms with E-state index in [0.29, 0.717) is 6.07 Å². The smallest absolute Gasteiger partial charge is 0.161 e. The highest BCUT2D eigenvalue weighted by Crippen LogP contribution is 2.03. The molecular formula is C6H2BF3. The van der Waals surface area contributed by atoms with Gasteiger partial charge >= 0.3 is 0 Å². The highest BCUT2D eigenvalue weighted by Gasteiger charge is 2.05. The summed E-state index contributed by atoms with van der Waals surface area (Å²) in [5, 5.41) is 0. The fraction of sp³-hybridized carbons (Fsp3) is 0. The second-order valence-corrected chi connectivity index (χ2v) is 1.79. The van der Waals surface area contributed by atoms with Crippen molar-refractivity contribution in [2.24, 2.45) is 0 Å². The van der Waals surface area contributed by atoms with Crippen LogP contribution in [0.2, 0.25) is 0 Å². The van der Waals surface area contributed by atoms with Gasteiger partial charge in [0.1, 0.15) is 13.7 Å². The summed E-state index contributed by atoms with van der Waals surface area (Å²) >= 11 is 0. The molecule has 0 aliphatic heterocycles. The third kappa shape index (κ3) is 1.15. The summed E-state index contributed by atoms with van der Waals surface area (Å²) in [5.74, 6) is -3.35. The van der Waals surface area contributed by atoms with E-state index in [-0.39, 0.29) is 0 Å². The van der Waals surface area contributed by atoms with E-state index in [1.54, 1.807) is 0 Å². The number of hydrogen-bond donors (Lipinski definition) is 0. The third-order valence-corrected chi connectivity index (χ3v) is 1.02. The maximum atomic E-state index is 12.2. The van der Waals surface area contributed by atoms with Crippen LogP contribution in [0.3, 0.4) is 0 Å². The van der Waals surface area contributed by atoms with E-state index in [4.69, 9.17) is 7.85 Å². The Hall–Kier alpha value is -0.925. The molecule has 0 spiro atoms. The second-order valence-electron chi connectivity index (χ2n) is 1.79. The first-order valence-corrected chi connectivity index (χ1v) is 2.51. The summed E-state index contributed by atoms with van der Waals surface area (Å²) in [4.78, 5) is 0. The van der Waals surface area contributed by atoms with Crippen molar-refractivity contribution in [1.82, 2.24) is 0 Å². The SMILES string of the molecule is [B]c1cc(F)cc(F)c1F. The Morgan fingerprint density at radius 3 is 2.20 bits per heavy atom. The molecule has 0 saturated carbocycles. The van der Waals surface area contributed by atoms with Crippen molar-refractivity contribution < 1.29 is 13.2 Å². The Balaban J connectivity index is 3.31. The minimum absolute atomic E-state index is 0.436. The van der Waals surface area contributed by atoms with Gasteiger partial charge in [-0.3, -0.25) is 0 Å². The first kappa shape index (κ1) is 7.19. The van der Waals surface area contributed by atoms with E-state index >= 15 is 0 Å². The van der Waals surface area contributed by atoms with Gasteiger partial charge < -0.3 is 0 Å². The predicted molar refractivity (Wildman–Crippen MR) is 31.7 cm³/mol. The molecule has 0 heterocycles. The van der Waals surface area contributed by atoms with Gasteiger partial charge in [0.2, 0.25) is 0 Å². The topological polar surface area (TPSA) is 0 Å². The Kier molecular flexibility index (Phi) is 1.70. The maximum Gasteiger partial charge on any atom is 0.161 e. The van der Waals surface area contributed by atoms with Crippen LogP contribution >= 0.6 is 0 Å². The Bertz CT molecular complexity index is 236. The molecule has 1 aromatic carbocycles. The Labute approximate surface area is 57.1 Å². The van der Waals surface area contributed by atoms with E-state index in [2.05, 4.69) is 0 Å². The summed E-state index contributed by atoms with van der Waals surface area (Å²) in [7, 11) is 4.87. The van der Waals surface area contributed by atoms with E-state index in [9.17, 15) is 13.2 Å². The lowest BCUT2D eigenvalue weighted by atomic mass is 9.95. The lowest BCUT2D eigenvalue weighted by Crippen LogP contribution is -2.11. The highest BCUT2D eigenvalue weighted by atomic mass is 19.2. The van der Waals surface area contributed by atoms with Crippen LogP contribution < -0.4 is 5.46 Å². The Morgan fingerprint density at radius 1 is 1.10 bits per heavy atom. The first-order valence-electron chi connectivity index (χ1n) is 2.51. The van der Waals surface area contributed by atoms with Crippen LogP contribution in [0.4, 0.5) is 13.2 Å². The number of halogens is 3. The molecule has 0 unspecified atom stereocenters. The van der Waals surface area contributed by atoms with Crippen molar-refractivity contribution in [2.75, 3.05) is 0 Å². The number of hydrogen-bond acceptors (Lipinski definition) is 0. The Morgan fingerprint density at radius 2 is 1.70 bits per heavy atom. The van der Waals surface area contributed by atoms with Gasteiger partial charge in [0.25, 0.3) is 0 Å². The summed E-state index contributed by atoms with van der Waals surface area (Å²) in [6, 6.07) is 1.16. The fourth-order valence-electron chi connectivity index (χ4n) is 0.576. The van der Waals surface area contributed by atoms with Crippen molar-refractivity contribution in [3.63, 3.8) is 0 Å². The van der Waals surface area contributed by atoms with Gasteiger partial charge in [-0.2, -0.15) is 0 Å². The van der Waals surface area contributed by atoms with E-state index < -0.39 is 22.9 Å². The van der Waals surface area contributed by atoms with Gasteiger partial charge in [-0.25, -0.2) is 13.2 Å². The van der Waals surface area contributed by atoms with Crippen LogP contribution in [0.5, 0.6) is 0 Å². The van der Waals surface area contributed by atoms with Crippen LogP contribution in [0.15, 0.2) is 12.1 Å². The molecule has 0 atom stereocenters. The van der Waals surface area contributed by atoms with Crippen LogP contribution in [-0.4, -0.2) is 7.85 Å². The van der Waals surface area contributed by atoms with Crippen molar-refractivity contribution in [3.05, 3.63) is 29.6 Å². The van der Waals surface area contributed by atoms with Gasteiger partial charge in [0.05, 0.1) is 0 Å². The van der Waals surface area contributed by atoms with E-state index in [1.807, 2.05) is 0 Å². The molecule has 0 bridgehead atoms. The van der Waals surface area contributed by atoms with Gasteiger partial charge in [0, 0.05) is 6.07 Å². The molecule has 0 nitrogen and oxygen atoms in total. The van der Waals surface area contributed by atoms with Crippen LogP contribution in [-0.2, 0) is 0 Å². The lowest BCUT2D eigenvalue weighted by molar-refractivity contribution is 0.501. The minimum atomic E-state index is -1.27. The molecule has 0 aliphatic carbocycles.